The fourth-order valence-electron chi connectivity index (χ4n) is 0.873. The van der Waals surface area contributed by atoms with E-state index in [2.05, 4.69) is 24.1 Å². The van der Waals surface area contributed by atoms with Gasteiger partial charge in [-0.3, -0.25) is 0 Å². The molecular formula is C11H20N2O3. The molecule has 0 atom stereocenters. The third-order valence-electron chi connectivity index (χ3n) is 1.79. The Balaban J connectivity index is 3.41. The second kappa shape index (κ2) is 8.76. The van der Waals surface area contributed by atoms with Crippen LogP contribution in [0.4, 0.5) is 4.79 Å². The number of hydrogen-bond donors (Lipinski definition) is 2. The summed E-state index contributed by atoms with van der Waals surface area (Å²) in [5, 5.41) is 5.27. The largest absolute Gasteiger partial charge is 0.460 e. The van der Waals surface area contributed by atoms with Gasteiger partial charge in [0.2, 0.25) is 0 Å². The predicted octanol–water partition coefficient (Wildman–Crippen LogP) is 1.20. The summed E-state index contributed by atoms with van der Waals surface area (Å²) in [5.41, 5.74) is 0.354. The highest BCUT2D eigenvalue weighted by atomic mass is 16.5. The van der Waals surface area contributed by atoms with Gasteiger partial charge in [0.25, 0.3) is 0 Å². The standard InChI is InChI=1S/C11H20N2O3/c1-4-5-6-12-11(15)13-7-8-16-10(14)9(2)3/h2,4-8H2,1,3H3,(H2,12,13,15). The molecule has 0 fully saturated rings. The summed E-state index contributed by atoms with van der Waals surface area (Å²) >= 11 is 0. The van der Waals surface area contributed by atoms with Crippen molar-refractivity contribution in [1.82, 2.24) is 10.6 Å². The van der Waals surface area contributed by atoms with Crippen LogP contribution in [-0.4, -0.2) is 31.7 Å². The Morgan fingerprint density at radius 2 is 1.88 bits per heavy atom. The maximum absolute atomic E-state index is 11.1. The number of carbonyl (C=O) groups excluding carboxylic acids is 2. The molecule has 0 aromatic heterocycles. The Hall–Kier alpha value is -1.52. The first-order valence-corrected chi connectivity index (χ1v) is 5.42. The molecule has 5 nitrogen and oxygen atoms in total. The van der Waals surface area contributed by atoms with E-state index in [0.717, 1.165) is 12.8 Å². The number of ether oxygens (including phenoxy) is 1. The average Bonchev–Trinajstić information content (AvgIpc) is 2.24. The van der Waals surface area contributed by atoms with Crippen LogP contribution in [-0.2, 0) is 9.53 Å². The van der Waals surface area contributed by atoms with Gasteiger partial charge < -0.3 is 15.4 Å². The van der Waals surface area contributed by atoms with Crippen LogP contribution in [0.3, 0.4) is 0 Å². The third kappa shape index (κ3) is 7.84. The lowest BCUT2D eigenvalue weighted by Gasteiger charge is -2.07. The zero-order valence-electron chi connectivity index (χ0n) is 9.97. The van der Waals surface area contributed by atoms with Gasteiger partial charge in [0.05, 0.1) is 6.54 Å². The van der Waals surface area contributed by atoms with Crippen LogP contribution in [0.1, 0.15) is 26.7 Å². The molecule has 0 saturated carbocycles. The Kier molecular flexibility index (Phi) is 7.93. The average molecular weight is 228 g/mol. The molecule has 2 N–H and O–H groups in total. The molecule has 2 amide bonds. The Labute approximate surface area is 96.2 Å². The van der Waals surface area contributed by atoms with E-state index in [1.807, 2.05) is 0 Å². The molecule has 0 aromatic rings. The fourth-order valence-corrected chi connectivity index (χ4v) is 0.873. The van der Waals surface area contributed by atoms with Crippen LogP contribution in [0, 0.1) is 0 Å². The number of carbonyl (C=O) groups is 2. The second-order valence-corrected chi connectivity index (χ2v) is 3.45. The quantitative estimate of drug-likeness (QED) is 0.391. The van der Waals surface area contributed by atoms with Crippen molar-refractivity contribution in [3.05, 3.63) is 12.2 Å². The molecule has 0 heterocycles. The van der Waals surface area contributed by atoms with Crippen molar-refractivity contribution >= 4 is 12.0 Å². The molecule has 0 bridgehead atoms. The second-order valence-electron chi connectivity index (χ2n) is 3.45. The van der Waals surface area contributed by atoms with Gasteiger partial charge in [0.1, 0.15) is 6.61 Å². The van der Waals surface area contributed by atoms with Gasteiger partial charge in [0, 0.05) is 12.1 Å². The van der Waals surface area contributed by atoms with Gasteiger partial charge in [-0.2, -0.15) is 0 Å². The summed E-state index contributed by atoms with van der Waals surface area (Å²) < 4.78 is 4.80. The van der Waals surface area contributed by atoms with E-state index >= 15 is 0 Å². The Morgan fingerprint density at radius 3 is 2.44 bits per heavy atom. The maximum atomic E-state index is 11.1. The van der Waals surface area contributed by atoms with Gasteiger partial charge in [-0.05, 0) is 13.3 Å². The topological polar surface area (TPSA) is 67.4 Å². The maximum Gasteiger partial charge on any atom is 0.333 e. The van der Waals surface area contributed by atoms with E-state index < -0.39 is 5.97 Å². The van der Waals surface area contributed by atoms with Gasteiger partial charge in [-0.15, -0.1) is 0 Å². The number of urea groups is 1. The minimum absolute atomic E-state index is 0.160. The van der Waals surface area contributed by atoms with E-state index in [1.165, 1.54) is 0 Å². The van der Waals surface area contributed by atoms with Crippen molar-refractivity contribution in [3.63, 3.8) is 0 Å². The Bertz CT molecular complexity index is 252. The monoisotopic (exact) mass is 228 g/mol. The lowest BCUT2D eigenvalue weighted by molar-refractivity contribution is -0.138. The number of hydrogen-bond acceptors (Lipinski definition) is 3. The first-order chi connectivity index (χ1) is 7.57. The van der Waals surface area contributed by atoms with Crippen molar-refractivity contribution in [1.29, 1.82) is 0 Å². The van der Waals surface area contributed by atoms with E-state index in [0.29, 0.717) is 18.7 Å². The van der Waals surface area contributed by atoms with Crippen molar-refractivity contribution in [2.45, 2.75) is 26.7 Å². The fraction of sp³-hybridized carbons (Fsp3) is 0.636. The summed E-state index contributed by atoms with van der Waals surface area (Å²) in [6.07, 6.45) is 1.99. The zero-order valence-corrected chi connectivity index (χ0v) is 9.97. The highest BCUT2D eigenvalue weighted by molar-refractivity contribution is 5.86. The van der Waals surface area contributed by atoms with Crippen LogP contribution >= 0.6 is 0 Å². The van der Waals surface area contributed by atoms with Crippen LogP contribution in [0.2, 0.25) is 0 Å². The predicted molar refractivity (Wildman–Crippen MR) is 62.1 cm³/mol. The van der Waals surface area contributed by atoms with Crippen molar-refractivity contribution < 1.29 is 14.3 Å². The minimum Gasteiger partial charge on any atom is -0.460 e. The molecule has 0 aliphatic carbocycles. The van der Waals surface area contributed by atoms with E-state index in [-0.39, 0.29) is 12.6 Å². The zero-order chi connectivity index (χ0) is 12.4. The lowest BCUT2D eigenvalue weighted by Crippen LogP contribution is -2.38. The number of esters is 1. The third-order valence-corrected chi connectivity index (χ3v) is 1.79. The first-order valence-electron chi connectivity index (χ1n) is 5.42. The van der Waals surface area contributed by atoms with E-state index in [9.17, 15) is 9.59 Å². The number of rotatable bonds is 7. The molecule has 92 valence electrons. The van der Waals surface area contributed by atoms with Gasteiger partial charge in [0.15, 0.2) is 0 Å². The number of nitrogens with one attached hydrogen (secondary N) is 2. The SMILES string of the molecule is C=C(C)C(=O)OCCNC(=O)NCCCC. The van der Waals surface area contributed by atoms with Crippen molar-refractivity contribution in [2.75, 3.05) is 19.7 Å². The lowest BCUT2D eigenvalue weighted by atomic mass is 10.3. The Morgan fingerprint density at radius 1 is 1.25 bits per heavy atom. The summed E-state index contributed by atoms with van der Waals surface area (Å²) in [6.45, 7) is 8.20. The molecule has 5 heteroatoms. The molecule has 0 spiro atoms. The van der Waals surface area contributed by atoms with Crippen LogP contribution in [0.25, 0.3) is 0 Å². The molecule has 0 aliphatic heterocycles. The highest BCUT2D eigenvalue weighted by Crippen LogP contribution is 1.90. The first kappa shape index (κ1) is 14.5. The number of unbranched alkanes of at least 4 members (excludes halogenated alkanes) is 1. The highest BCUT2D eigenvalue weighted by Gasteiger charge is 2.03. The van der Waals surface area contributed by atoms with Gasteiger partial charge in [-0.1, -0.05) is 19.9 Å². The molecule has 0 radical (unpaired) electrons. The summed E-state index contributed by atoms with van der Waals surface area (Å²) in [7, 11) is 0. The minimum atomic E-state index is -0.437. The summed E-state index contributed by atoms with van der Waals surface area (Å²) in [6, 6.07) is -0.236. The van der Waals surface area contributed by atoms with E-state index in [1.54, 1.807) is 6.92 Å². The molecule has 0 rings (SSSR count). The molecule has 0 unspecified atom stereocenters. The molecule has 0 aliphatic rings. The number of amides is 2. The molecule has 0 saturated heterocycles. The van der Waals surface area contributed by atoms with Crippen molar-refractivity contribution in [2.24, 2.45) is 0 Å². The normalized spacial score (nSPS) is 9.38. The van der Waals surface area contributed by atoms with Gasteiger partial charge >= 0.3 is 12.0 Å². The van der Waals surface area contributed by atoms with E-state index in [4.69, 9.17) is 4.74 Å². The summed E-state index contributed by atoms with van der Waals surface area (Å²) in [4.78, 5) is 22.1. The molecular weight excluding hydrogens is 208 g/mol. The van der Waals surface area contributed by atoms with Crippen molar-refractivity contribution in [3.8, 4) is 0 Å². The molecule has 16 heavy (non-hydrogen) atoms. The molecule has 0 aromatic carbocycles. The van der Waals surface area contributed by atoms with Gasteiger partial charge in [-0.25, -0.2) is 9.59 Å². The summed E-state index contributed by atoms with van der Waals surface area (Å²) in [5.74, 6) is -0.437. The van der Waals surface area contributed by atoms with Crippen LogP contribution < -0.4 is 10.6 Å². The smallest absolute Gasteiger partial charge is 0.333 e. The van der Waals surface area contributed by atoms with Crippen LogP contribution in [0.5, 0.6) is 0 Å². The van der Waals surface area contributed by atoms with Crippen LogP contribution in [0.15, 0.2) is 12.2 Å².